The lowest BCUT2D eigenvalue weighted by molar-refractivity contribution is 0.0696. The van der Waals surface area contributed by atoms with Gasteiger partial charge in [0.2, 0.25) is 0 Å². The number of benzene rings is 6. The monoisotopic (exact) mass is 812 g/mol. The summed E-state index contributed by atoms with van der Waals surface area (Å²) in [6.45, 7) is 3.86. The van der Waals surface area contributed by atoms with Crippen molar-refractivity contribution in [2.24, 2.45) is 0 Å². The van der Waals surface area contributed by atoms with Crippen LogP contribution in [-0.4, -0.2) is 62.3 Å². The van der Waals surface area contributed by atoms with Crippen molar-refractivity contribution in [2.75, 3.05) is 40.4 Å². The van der Waals surface area contributed by atoms with E-state index in [1.807, 2.05) is 109 Å². The molecule has 1 aliphatic rings. The zero-order valence-corrected chi connectivity index (χ0v) is 34.4. The molecule has 0 radical (unpaired) electrons. The Morgan fingerprint density at radius 1 is 0.607 bits per heavy atom. The molecule has 61 heavy (non-hydrogen) atoms. The van der Waals surface area contributed by atoms with E-state index in [0.717, 1.165) is 98.0 Å². The third-order valence-corrected chi connectivity index (χ3v) is 11.0. The van der Waals surface area contributed by atoms with Crippen molar-refractivity contribution in [3.05, 3.63) is 179 Å². The Labute approximate surface area is 355 Å². The highest BCUT2D eigenvalue weighted by molar-refractivity contribution is 5.98. The number of carboxylic acids is 1. The molecule has 1 amide bonds. The van der Waals surface area contributed by atoms with Gasteiger partial charge in [-0.25, -0.2) is 4.79 Å². The number of amides is 1. The first-order valence-corrected chi connectivity index (χ1v) is 20.6. The number of para-hydroxylation sites is 2. The first kappa shape index (κ1) is 40.7. The number of ether oxygens (including phenoxy) is 2. The van der Waals surface area contributed by atoms with Gasteiger partial charge >= 0.3 is 5.97 Å². The van der Waals surface area contributed by atoms with Gasteiger partial charge in [-0.05, 0) is 109 Å². The maximum absolute atomic E-state index is 12.8. The molecule has 0 bridgehead atoms. The maximum Gasteiger partial charge on any atom is 0.335 e. The molecule has 9 heteroatoms. The lowest BCUT2D eigenvalue weighted by Gasteiger charge is -2.14. The van der Waals surface area contributed by atoms with Gasteiger partial charge in [0.25, 0.3) is 5.91 Å². The molecule has 0 spiro atoms. The van der Waals surface area contributed by atoms with E-state index in [9.17, 15) is 14.7 Å². The van der Waals surface area contributed by atoms with Gasteiger partial charge < -0.3 is 33.6 Å². The standard InChI is InChI=1S/C29H30N2O3.C23H18O4/c1-33-25-11-4-7-21(17-25)18-26-20-23-9-6-12-27(28(23)34-26)22-8-5-10-24(19-22)29(32)30-13-16-31-14-2-3-15-31;1-26-19-9-2-5-15(11-19)12-20-14-17-7-4-10-21(22(17)27-20)16-6-3-8-18(13-16)23(24)25/h4-12,17,19-20H,2-3,13-16,18H2,1H3,(H,30,32);2-11,13-14H,12H2,1H3,(H,24,25). The summed E-state index contributed by atoms with van der Waals surface area (Å²) in [6.07, 6.45) is 3.86. The highest BCUT2D eigenvalue weighted by Crippen LogP contribution is 2.34. The first-order valence-electron chi connectivity index (χ1n) is 20.6. The van der Waals surface area contributed by atoms with E-state index in [1.54, 1.807) is 32.4 Å². The number of rotatable bonds is 13. The van der Waals surface area contributed by atoms with Crippen LogP contribution in [0.25, 0.3) is 44.2 Å². The molecule has 0 atom stereocenters. The summed E-state index contributed by atoms with van der Waals surface area (Å²) in [7, 11) is 3.33. The summed E-state index contributed by atoms with van der Waals surface area (Å²) in [6, 6.07) is 46.8. The summed E-state index contributed by atoms with van der Waals surface area (Å²) in [5.74, 6) is 2.42. The normalized spacial score (nSPS) is 12.6. The number of likely N-dealkylation sites (tertiary alicyclic amines) is 1. The van der Waals surface area contributed by atoms with Crippen LogP contribution in [0.5, 0.6) is 11.5 Å². The molecule has 1 saturated heterocycles. The first-order chi connectivity index (χ1) is 29.8. The molecule has 8 aromatic rings. The average molecular weight is 813 g/mol. The van der Waals surface area contributed by atoms with E-state index in [0.29, 0.717) is 24.9 Å². The van der Waals surface area contributed by atoms with Gasteiger partial charge in [0.1, 0.15) is 34.2 Å². The number of nitrogens with zero attached hydrogens (tertiary/aromatic N) is 1. The highest BCUT2D eigenvalue weighted by Gasteiger charge is 2.16. The average Bonchev–Trinajstić information content (AvgIpc) is 4.07. The molecule has 1 aliphatic heterocycles. The van der Waals surface area contributed by atoms with Gasteiger partial charge in [0.05, 0.1) is 19.8 Å². The van der Waals surface area contributed by atoms with Crippen LogP contribution < -0.4 is 14.8 Å². The third-order valence-electron chi connectivity index (χ3n) is 11.0. The van der Waals surface area contributed by atoms with Gasteiger partial charge in [0.15, 0.2) is 0 Å². The molecule has 9 nitrogen and oxygen atoms in total. The van der Waals surface area contributed by atoms with E-state index in [4.69, 9.17) is 18.3 Å². The van der Waals surface area contributed by atoms with Crippen molar-refractivity contribution < 1.29 is 33.0 Å². The number of hydrogen-bond acceptors (Lipinski definition) is 7. The SMILES string of the molecule is COc1cccc(Cc2cc3cccc(-c4cccc(C(=O)NCCN5CCCC5)c4)c3o2)c1.COc1cccc(Cc2cc3cccc(-c4cccc(C(=O)O)c4)c3o2)c1. The van der Waals surface area contributed by atoms with Crippen molar-refractivity contribution >= 4 is 33.8 Å². The Hall–Kier alpha value is -7.10. The van der Waals surface area contributed by atoms with E-state index in [-0.39, 0.29) is 11.5 Å². The second-order valence-electron chi connectivity index (χ2n) is 15.2. The van der Waals surface area contributed by atoms with E-state index < -0.39 is 5.97 Å². The van der Waals surface area contributed by atoms with Crippen molar-refractivity contribution in [1.82, 2.24) is 10.2 Å². The fraction of sp³-hybridized carbons (Fsp3) is 0.192. The minimum absolute atomic E-state index is 0.0358. The molecule has 2 aromatic heterocycles. The fourth-order valence-electron chi connectivity index (χ4n) is 7.91. The zero-order chi connectivity index (χ0) is 42.1. The molecule has 9 rings (SSSR count). The predicted molar refractivity (Wildman–Crippen MR) is 240 cm³/mol. The lowest BCUT2D eigenvalue weighted by atomic mass is 10.0. The predicted octanol–water partition coefficient (Wildman–Crippen LogP) is 10.9. The number of carbonyl (C=O) groups excluding carboxylic acids is 1. The summed E-state index contributed by atoms with van der Waals surface area (Å²) in [5.41, 5.74) is 8.42. The molecule has 1 fully saturated rings. The minimum Gasteiger partial charge on any atom is -0.497 e. The highest BCUT2D eigenvalue weighted by atomic mass is 16.5. The van der Waals surface area contributed by atoms with Crippen molar-refractivity contribution in [1.29, 1.82) is 0 Å². The van der Waals surface area contributed by atoms with Gasteiger partial charge in [-0.3, -0.25) is 4.79 Å². The van der Waals surface area contributed by atoms with Crippen molar-refractivity contribution in [3.8, 4) is 33.8 Å². The molecule has 0 unspecified atom stereocenters. The Balaban J connectivity index is 0.000000173. The summed E-state index contributed by atoms with van der Waals surface area (Å²) in [4.78, 5) is 26.4. The van der Waals surface area contributed by atoms with Crippen LogP contribution in [0, 0.1) is 0 Å². The van der Waals surface area contributed by atoms with E-state index in [2.05, 4.69) is 28.4 Å². The van der Waals surface area contributed by atoms with Crippen LogP contribution in [0.15, 0.2) is 154 Å². The van der Waals surface area contributed by atoms with Crippen molar-refractivity contribution in [3.63, 3.8) is 0 Å². The molecule has 3 heterocycles. The molecule has 308 valence electrons. The number of aromatic carboxylic acids is 1. The quantitative estimate of drug-likeness (QED) is 0.118. The third kappa shape index (κ3) is 9.86. The van der Waals surface area contributed by atoms with Gasteiger partial charge in [-0.2, -0.15) is 0 Å². The van der Waals surface area contributed by atoms with Crippen LogP contribution in [-0.2, 0) is 12.8 Å². The Morgan fingerprint density at radius 2 is 1.10 bits per heavy atom. The van der Waals surface area contributed by atoms with Crippen molar-refractivity contribution in [2.45, 2.75) is 25.7 Å². The summed E-state index contributed by atoms with van der Waals surface area (Å²) >= 11 is 0. The Morgan fingerprint density at radius 3 is 1.62 bits per heavy atom. The van der Waals surface area contributed by atoms with Gasteiger partial charge in [-0.15, -0.1) is 0 Å². The fourth-order valence-corrected chi connectivity index (χ4v) is 7.91. The zero-order valence-electron chi connectivity index (χ0n) is 34.4. The molecule has 2 N–H and O–H groups in total. The van der Waals surface area contributed by atoms with Gasteiger partial charge in [0, 0.05) is 53.4 Å². The molecular formula is C52H48N2O7. The number of methoxy groups -OCH3 is 2. The lowest BCUT2D eigenvalue weighted by Crippen LogP contribution is -2.33. The maximum atomic E-state index is 12.8. The number of carbonyl (C=O) groups is 2. The van der Waals surface area contributed by atoms with Crippen LogP contribution in [0.4, 0.5) is 0 Å². The number of fused-ring (bicyclic) bond motifs is 2. The van der Waals surface area contributed by atoms with Gasteiger partial charge in [-0.1, -0.05) is 84.9 Å². The number of nitrogens with one attached hydrogen (secondary N) is 1. The molecule has 6 aromatic carbocycles. The summed E-state index contributed by atoms with van der Waals surface area (Å²) < 4.78 is 23.1. The minimum atomic E-state index is -0.942. The number of furan rings is 2. The number of carboxylic acid groups (broad SMARTS) is 1. The second-order valence-corrected chi connectivity index (χ2v) is 15.2. The second kappa shape index (κ2) is 18.9. The van der Waals surface area contributed by atoms with Crippen LogP contribution in [0.1, 0.15) is 56.2 Å². The van der Waals surface area contributed by atoms with Crippen LogP contribution >= 0.6 is 0 Å². The Bertz CT molecular complexity index is 2790. The molecular weight excluding hydrogens is 765 g/mol. The topological polar surface area (TPSA) is 114 Å². The smallest absolute Gasteiger partial charge is 0.335 e. The largest absolute Gasteiger partial charge is 0.497 e. The molecule has 0 saturated carbocycles. The summed E-state index contributed by atoms with van der Waals surface area (Å²) in [5, 5.41) is 14.4. The Kier molecular flexibility index (Phi) is 12.6. The van der Waals surface area contributed by atoms with E-state index in [1.165, 1.54) is 12.8 Å². The van der Waals surface area contributed by atoms with Crippen LogP contribution in [0.2, 0.25) is 0 Å². The van der Waals surface area contributed by atoms with E-state index >= 15 is 0 Å². The molecule has 0 aliphatic carbocycles. The number of hydrogen-bond donors (Lipinski definition) is 2. The van der Waals surface area contributed by atoms with Crippen LogP contribution in [0.3, 0.4) is 0 Å².